The number of hydrogen-bond donors (Lipinski definition) is 0. The highest BCUT2D eigenvalue weighted by Gasteiger charge is 2.07. The molecule has 0 fully saturated rings. The Hall–Kier alpha value is -1.69. The van der Waals surface area contributed by atoms with Gasteiger partial charge < -0.3 is 4.74 Å². The lowest BCUT2D eigenvalue weighted by atomic mass is 10.0. The molecule has 0 aliphatic heterocycles. The van der Waals surface area contributed by atoms with Gasteiger partial charge in [-0.05, 0) is 30.0 Å². The molecule has 0 atom stereocenters. The SMILES string of the molecule is CCC(=NC(=O)OC)c1cccc(CCS(C)(=O)=O)c1. The fraction of sp³-hybridized carbons (Fsp3) is 0.429. The van der Waals surface area contributed by atoms with Crippen molar-refractivity contribution in [2.24, 2.45) is 4.99 Å². The van der Waals surface area contributed by atoms with Crippen LogP contribution in [0.5, 0.6) is 0 Å². The fourth-order valence-corrected chi connectivity index (χ4v) is 2.32. The van der Waals surface area contributed by atoms with Gasteiger partial charge in [0.15, 0.2) is 0 Å². The van der Waals surface area contributed by atoms with Crippen molar-refractivity contribution in [1.29, 1.82) is 0 Å². The Morgan fingerprint density at radius 1 is 1.35 bits per heavy atom. The van der Waals surface area contributed by atoms with Gasteiger partial charge in [0.05, 0.1) is 18.6 Å². The van der Waals surface area contributed by atoms with Gasteiger partial charge in [-0.15, -0.1) is 0 Å². The van der Waals surface area contributed by atoms with Crippen molar-refractivity contribution in [1.82, 2.24) is 0 Å². The molecule has 20 heavy (non-hydrogen) atoms. The van der Waals surface area contributed by atoms with Crippen LogP contribution in [0, 0.1) is 0 Å². The lowest BCUT2D eigenvalue weighted by Gasteiger charge is -2.06. The van der Waals surface area contributed by atoms with Crippen LogP contribution in [0.25, 0.3) is 0 Å². The first kappa shape index (κ1) is 16.4. The van der Waals surface area contributed by atoms with Crippen LogP contribution in [-0.2, 0) is 21.0 Å². The Bertz CT molecular complexity index is 605. The third-order valence-electron chi connectivity index (χ3n) is 2.76. The number of nitrogens with zero attached hydrogens (tertiary/aromatic N) is 1. The van der Waals surface area contributed by atoms with Crippen molar-refractivity contribution in [2.75, 3.05) is 19.1 Å². The number of carbonyl (C=O) groups excluding carboxylic acids is 1. The maximum absolute atomic E-state index is 11.2. The minimum atomic E-state index is -2.99. The maximum atomic E-state index is 11.2. The van der Waals surface area contributed by atoms with Gasteiger partial charge in [0, 0.05) is 6.26 Å². The van der Waals surface area contributed by atoms with Gasteiger partial charge in [0.2, 0.25) is 0 Å². The second-order valence-electron chi connectivity index (χ2n) is 4.46. The Balaban J connectivity index is 2.96. The van der Waals surface area contributed by atoms with Crippen molar-refractivity contribution < 1.29 is 17.9 Å². The molecule has 0 saturated carbocycles. The van der Waals surface area contributed by atoms with E-state index in [0.29, 0.717) is 18.6 Å². The van der Waals surface area contributed by atoms with E-state index in [1.54, 1.807) is 0 Å². The van der Waals surface area contributed by atoms with Gasteiger partial charge in [-0.3, -0.25) is 0 Å². The fourth-order valence-electron chi connectivity index (χ4n) is 1.71. The van der Waals surface area contributed by atoms with Crippen LogP contribution in [0.2, 0.25) is 0 Å². The summed E-state index contributed by atoms with van der Waals surface area (Å²) in [5.74, 6) is 0.103. The van der Waals surface area contributed by atoms with E-state index in [1.807, 2.05) is 31.2 Å². The number of sulfone groups is 1. The zero-order valence-corrected chi connectivity index (χ0v) is 12.7. The summed E-state index contributed by atoms with van der Waals surface area (Å²) < 4.78 is 26.9. The van der Waals surface area contributed by atoms with E-state index in [2.05, 4.69) is 9.73 Å². The number of hydrogen-bond acceptors (Lipinski definition) is 4. The number of amides is 1. The summed E-state index contributed by atoms with van der Waals surface area (Å²) in [6.45, 7) is 1.89. The van der Waals surface area contributed by atoms with Crippen molar-refractivity contribution in [2.45, 2.75) is 19.8 Å². The van der Waals surface area contributed by atoms with E-state index in [1.165, 1.54) is 13.4 Å². The number of ether oxygens (including phenoxy) is 1. The summed E-state index contributed by atoms with van der Waals surface area (Å²) in [7, 11) is -1.71. The monoisotopic (exact) mass is 297 g/mol. The van der Waals surface area contributed by atoms with Crippen molar-refractivity contribution >= 4 is 21.6 Å². The number of benzene rings is 1. The summed E-state index contributed by atoms with van der Waals surface area (Å²) in [6, 6.07) is 7.39. The normalized spacial score (nSPS) is 12.2. The largest absolute Gasteiger partial charge is 0.451 e. The summed E-state index contributed by atoms with van der Waals surface area (Å²) in [6.07, 6.45) is 1.61. The summed E-state index contributed by atoms with van der Waals surface area (Å²) in [4.78, 5) is 15.1. The summed E-state index contributed by atoms with van der Waals surface area (Å²) in [5, 5.41) is 0. The van der Waals surface area contributed by atoms with E-state index in [4.69, 9.17) is 0 Å². The molecule has 1 aromatic rings. The second-order valence-corrected chi connectivity index (χ2v) is 6.72. The van der Waals surface area contributed by atoms with Crippen molar-refractivity contribution in [3.63, 3.8) is 0 Å². The Labute approximate surface area is 119 Å². The van der Waals surface area contributed by atoms with E-state index >= 15 is 0 Å². The minimum Gasteiger partial charge on any atom is -0.451 e. The first-order chi connectivity index (χ1) is 9.35. The Kier molecular flexibility index (Phi) is 5.88. The lowest BCUT2D eigenvalue weighted by Crippen LogP contribution is -2.08. The molecule has 1 rings (SSSR count). The molecule has 1 aromatic carbocycles. The molecule has 0 aromatic heterocycles. The quantitative estimate of drug-likeness (QED) is 0.781. The van der Waals surface area contributed by atoms with Crippen LogP contribution in [0.15, 0.2) is 29.3 Å². The van der Waals surface area contributed by atoms with Crippen molar-refractivity contribution in [3.8, 4) is 0 Å². The first-order valence-corrected chi connectivity index (χ1v) is 8.34. The number of aryl methyl sites for hydroxylation is 1. The number of rotatable bonds is 5. The molecular weight excluding hydrogens is 278 g/mol. The van der Waals surface area contributed by atoms with Gasteiger partial charge >= 0.3 is 6.09 Å². The van der Waals surface area contributed by atoms with E-state index in [9.17, 15) is 13.2 Å². The smallest absolute Gasteiger partial charge is 0.433 e. The topological polar surface area (TPSA) is 72.8 Å². The highest BCUT2D eigenvalue weighted by molar-refractivity contribution is 7.90. The molecule has 0 aliphatic carbocycles. The average molecular weight is 297 g/mol. The maximum Gasteiger partial charge on any atom is 0.433 e. The van der Waals surface area contributed by atoms with Crippen LogP contribution in [0.3, 0.4) is 0 Å². The van der Waals surface area contributed by atoms with E-state index in [-0.39, 0.29) is 5.75 Å². The predicted molar refractivity (Wildman–Crippen MR) is 79.1 cm³/mol. The standard InChI is InChI=1S/C14H19NO4S/c1-4-13(15-14(16)19-2)12-7-5-6-11(10-12)8-9-20(3,17)18/h5-7,10H,4,8-9H2,1-3H3. The molecule has 1 amide bonds. The molecule has 0 aliphatic rings. The van der Waals surface area contributed by atoms with Crippen LogP contribution in [0.1, 0.15) is 24.5 Å². The van der Waals surface area contributed by atoms with Crippen LogP contribution >= 0.6 is 0 Å². The average Bonchev–Trinajstić information content (AvgIpc) is 2.41. The van der Waals surface area contributed by atoms with Gasteiger partial charge in [0.1, 0.15) is 9.84 Å². The van der Waals surface area contributed by atoms with E-state index < -0.39 is 15.9 Å². The number of carbonyl (C=O) groups is 1. The number of aliphatic imine (C=N–C) groups is 1. The highest BCUT2D eigenvalue weighted by Crippen LogP contribution is 2.11. The molecule has 0 radical (unpaired) electrons. The van der Waals surface area contributed by atoms with Gasteiger partial charge in [-0.25, -0.2) is 13.2 Å². The molecule has 0 bridgehead atoms. The van der Waals surface area contributed by atoms with Crippen molar-refractivity contribution in [3.05, 3.63) is 35.4 Å². The summed E-state index contributed by atoms with van der Waals surface area (Å²) >= 11 is 0. The van der Waals surface area contributed by atoms with Gasteiger partial charge in [0.25, 0.3) is 0 Å². The van der Waals surface area contributed by atoms with E-state index in [0.717, 1.165) is 11.1 Å². The highest BCUT2D eigenvalue weighted by atomic mass is 32.2. The third kappa shape index (κ3) is 5.52. The lowest BCUT2D eigenvalue weighted by molar-refractivity contribution is 0.182. The predicted octanol–water partition coefficient (Wildman–Crippen LogP) is 2.24. The molecule has 0 heterocycles. The molecular formula is C14H19NO4S. The molecule has 110 valence electrons. The zero-order valence-electron chi connectivity index (χ0n) is 11.9. The van der Waals surface area contributed by atoms with Gasteiger partial charge in [-0.1, -0.05) is 25.1 Å². The Morgan fingerprint density at radius 2 is 2.05 bits per heavy atom. The molecule has 0 N–H and O–H groups in total. The molecule has 0 spiro atoms. The van der Waals surface area contributed by atoms with Gasteiger partial charge in [-0.2, -0.15) is 4.99 Å². The Morgan fingerprint density at radius 3 is 2.60 bits per heavy atom. The molecule has 5 nitrogen and oxygen atoms in total. The number of methoxy groups -OCH3 is 1. The van der Waals surface area contributed by atoms with Crippen LogP contribution in [0.4, 0.5) is 4.79 Å². The molecule has 0 saturated heterocycles. The zero-order chi connectivity index (χ0) is 15.2. The summed E-state index contributed by atoms with van der Waals surface area (Å²) in [5.41, 5.74) is 2.33. The third-order valence-corrected chi connectivity index (χ3v) is 3.70. The molecule has 6 heteroatoms. The molecule has 0 unspecified atom stereocenters. The first-order valence-electron chi connectivity index (χ1n) is 6.28. The minimum absolute atomic E-state index is 0.103. The second kappa shape index (κ2) is 7.19. The van der Waals surface area contributed by atoms with Crippen LogP contribution in [-0.4, -0.2) is 39.3 Å². The van der Waals surface area contributed by atoms with Crippen LogP contribution < -0.4 is 0 Å².